The van der Waals surface area contributed by atoms with Crippen molar-refractivity contribution in [2.45, 2.75) is 25.4 Å². The summed E-state index contributed by atoms with van der Waals surface area (Å²) in [6.45, 7) is 0.394. The molecule has 2 atom stereocenters. The summed E-state index contributed by atoms with van der Waals surface area (Å²) in [5.41, 5.74) is 1.59. The van der Waals surface area contributed by atoms with Gasteiger partial charge >= 0.3 is 0 Å². The van der Waals surface area contributed by atoms with Gasteiger partial charge in [0.1, 0.15) is 5.82 Å². The van der Waals surface area contributed by atoms with E-state index < -0.39 is 12.0 Å². The van der Waals surface area contributed by atoms with Gasteiger partial charge in [-0.3, -0.25) is 14.6 Å². The Kier molecular flexibility index (Phi) is 5.07. The number of carbonyl (C=O) groups excluding carboxylic acids is 2. The van der Waals surface area contributed by atoms with Crippen LogP contribution in [0.25, 0.3) is 0 Å². The lowest BCUT2D eigenvalue weighted by atomic mass is 9.84. The monoisotopic (exact) mass is 341 g/mol. The summed E-state index contributed by atoms with van der Waals surface area (Å²) in [6, 6.07) is 9.31. The Bertz CT molecular complexity index is 766. The van der Waals surface area contributed by atoms with E-state index in [4.69, 9.17) is 0 Å². The second-order valence-corrected chi connectivity index (χ2v) is 6.22. The van der Waals surface area contributed by atoms with Crippen molar-refractivity contribution in [2.24, 2.45) is 5.92 Å². The molecule has 2 amide bonds. The molecular weight excluding hydrogens is 321 g/mol. The van der Waals surface area contributed by atoms with Crippen molar-refractivity contribution in [3.63, 3.8) is 0 Å². The Labute approximate surface area is 145 Å². The molecule has 5 nitrogen and oxygen atoms in total. The van der Waals surface area contributed by atoms with E-state index in [1.54, 1.807) is 36.5 Å². The molecule has 1 saturated heterocycles. The average Bonchev–Trinajstić information content (AvgIpc) is 2.62. The van der Waals surface area contributed by atoms with Gasteiger partial charge in [-0.25, -0.2) is 4.39 Å². The van der Waals surface area contributed by atoms with Crippen LogP contribution in [0.15, 0.2) is 48.8 Å². The predicted molar refractivity (Wildman–Crippen MR) is 90.7 cm³/mol. The minimum atomic E-state index is -0.464. The number of pyridine rings is 1. The van der Waals surface area contributed by atoms with Gasteiger partial charge in [-0.15, -0.1) is 0 Å². The van der Waals surface area contributed by atoms with Gasteiger partial charge in [-0.2, -0.15) is 0 Å². The van der Waals surface area contributed by atoms with E-state index in [1.807, 2.05) is 12.1 Å². The minimum absolute atomic E-state index is 0.0348. The first-order chi connectivity index (χ1) is 12.1. The van der Waals surface area contributed by atoms with E-state index in [9.17, 15) is 14.0 Å². The second kappa shape index (κ2) is 7.42. The van der Waals surface area contributed by atoms with Crippen LogP contribution >= 0.6 is 0 Å². The number of hydrogen-bond donors (Lipinski definition) is 1. The SMILES string of the molecule is CN1C(=O)CC[C@H](C(=O)NCc2ccncc2)[C@H]1c1cccc(F)c1. The van der Waals surface area contributed by atoms with Gasteiger partial charge in [0.25, 0.3) is 0 Å². The number of hydrogen-bond acceptors (Lipinski definition) is 3. The highest BCUT2D eigenvalue weighted by atomic mass is 19.1. The molecule has 1 fully saturated rings. The molecule has 2 aromatic rings. The number of rotatable bonds is 4. The molecule has 0 aliphatic carbocycles. The fourth-order valence-electron chi connectivity index (χ4n) is 3.28. The molecule has 0 bridgehead atoms. The molecule has 0 saturated carbocycles. The Morgan fingerprint density at radius 3 is 2.80 bits per heavy atom. The molecule has 1 aliphatic heterocycles. The van der Waals surface area contributed by atoms with Gasteiger partial charge < -0.3 is 10.2 Å². The molecule has 1 N–H and O–H groups in total. The second-order valence-electron chi connectivity index (χ2n) is 6.22. The van der Waals surface area contributed by atoms with Crippen LogP contribution in [0, 0.1) is 11.7 Å². The number of likely N-dealkylation sites (tertiary alicyclic amines) is 1. The van der Waals surface area contributed by atoms with Crippen LogP contribution in [-0.4, -0.2) is 28.7 Å². The van der Waals surface area contributed by atoms with Gasteiger partial charge in [0.15, 0.2) is 0 Å². The van der Waals surface area contributed by atoms with Crippen molar-refractivity contribution in [3.05, 3.63) is 65.7 Å². The zero-order valence-electron chi connectivity index (χ0n) is 14.0. The summed E-state index contributed by atoms with van der Waals surface area (Å²) in [4.78, 5) is 30.3. The molecule has 0 radical (unpaired) electrons. The number of aromatic nitrogens is 1. The van der Waals surface area contributed by atoms with Crippen molar-refractivity contribution in [3.8, 4) is 0 Å². The van der Waals surface area contributed by atoms with Crippen molar-refractivity contribution < 1.29 is 14.0 Å². The normalized spacial score (nSPS) is 20.4. The molecular formula is C19H20FN3O2. The topological polar surface area (TPSA) is 62.3 Å². The first kappa shape index (κ1) is 17.1. The summed E-state index contributed by atoms with van der Waals surface area (Å²) >= 11 is 0. The average molecular weight is 341 g/mol. The van der Waals surface area contributed by atoms with Gasteiger partial charge in [0.05, 0.1) is 12.0 Å². The molecule has 1 aromatic heterocycles. The van der Waals surface area contributed by atoms with Gasteiger partial charge in [0, 0.05) is 32.4 Å². The van der Waals surface area contributed by atoms with Crippen LogP contribution < -0.4 is 5.32 Å². The Balaban J connectivity index is 1.79. The summed E-state index contributed by atoms with van der Waals surface area (Å²) in [7, 11) is 1.67. The highest BCUT2D eigenvalue weighted by Gasteiger charge is 2.38. The van der Waals surface area contributed by atoms with E-state index >= 15 is 0 Å². The number of halogens is 1. The predicted octanol–water partition coefficient (Wildman–Crippen LogP) is 2.45. The van der Waals surface area contributed by atoms with Crippen LogP contribution in [0.5, 0.6) is 0 Å². The Morgan fingerprint density at radius 1 is 1.32 bits per heavy atom. The summed E-state index contributed by atoms with van der Waals surface area (Å²) < 4.78 is 13.6. The number of nitrogens with zero attached hydrogens (tertiary/aromatic N) is 2. The smallest absolute Gasteiger partial charge is 0.225 e. The zero-order valence-corrected chi connectivity index (χ0v) is 14.0. The molecule has 1 aromatic carbocycles. The van der Waals surface area contributed by atoms with Crippen molar-refractivity contribution in [2.75, 3.05) is 7.05 Å². The number of amides is 2. The molecule has 25 heavy (non-hydrogen) atoms. The zero-order chi connectivity index (χ0) is 17.8. The van der Waals surface area contributed by atoms with Crippen molar-refractivity contribution in [1.29, 1.82) is 0 Å². The lowest BCUT2D eigenvalue weighted by Crippen LogP contribution is -2.46. The fraction of sp³-hybridized carbons (Fsp3) is 0.316. The maximum atomic E-state index is 13.6. The molecule has 3 rings (SSSR count). The van der Waals surface area contributed by atoms with E-state index in [0.717, 1.165) is 5.56 Å². The number of piperidine rings is 1. The molecule has 1 aliphatic rings. The quantitative estimate of drug-likeness (QED) is 0.929. The molecule has 130 valence electrons. The molecule has 0 spiro atoms. The Morgan fingerprint density at radius 2 is 2.08 bits per heavy atom. The lowest BCUT2D eigenvalue weighted by Gasteiger charge is -2.38. The number of nitrogens with one attached hydrogen (secondary N) is 1. The molecule has 2 heterocycles. The van der Waals surface area contributed by atoms with Crippen LogP contribution in [0.3, 0.4) is 0 Å². The van der Waals surface area contributed by atoms with Crippen LogP contribution in [0.1, 0.15) is 30.0 Å². The van der Waals surface area contributed by atoms with Gasteiger partial charge in [-0.1, -0.05) is 12.1 Å². The van der Waals surface area contributed by atoms with Crippen molar-refractivity contribution >= 4 is 11.8 Å². The highest BCUT2D eigenvalue weighted by Crippen LogP contribution is 2.36. The third-order valence-electron chi connectivity index (χ3n) is 4.60. The maximum absolute atomic E-state index is 13.6. The first-order valence-electron chi connectivity index (χ1n) is 8.24. The highest BCUT2D eigenvalue weighted by molar-refractivity contribution is 5.84. The molecule has 6 heteroatoms. The third-order valence-corrected chi connectivity index (χ3v) is 4.60. The maximum Gasteiger partial charge on any atom is 0.225 e. The van der Waals surface area contributed by atoms with Crippen LogP contribution in [0.4, 0.5) is 4.39 Å². The van der Waals surface area contributed by atoms with E-state index in [2.05, 4.69) is 10.3 Å². The van der Waals surface area contributed by atoms with E-state index in [0.29, 0.717) is 24.9 Å². The summed E-state index contributed by atoms with van der Waals surface area (Å²) in [6.07, 6.45) is 4.11. The largest absolute Gasteiger partial charge is 0.352 e. The summed E-state index contributed by atoms with van der Waals surface area (Å²) in [5, 5.41) is 2.92. The standard InChI is InChI=1S/C19H20FN3O2/c1-23-17(24)6-5-16(18(23)14-3-2-4-15(20)11-14)19(25)22-12-13-7-9-21-10-8-13/h2-4,7-11,16,18H,5-6,12H2,1H3,(H,22,25)/t16-,18+/m0/s1. The molecule has 0 unspecified atom stereocenters. The third kappa shape index (κ3) is 3.84. The first-order valence-corrected chi connectivity index (χ1v) is 8.24. The Hall–Kier alpha value is -2.76. The lowest BCUT2D eigenvalue weighted by molar-refractivity contribution is -0.141. The number of carbonyl (C=O) groups is 2. The van der Waals surface area contributed by atoms with Gasteiger partial charge in [0.2, 0.25) is 11.8 Å². The van der Waals surface area contributed by atoms with Crippen LogP contribution in [0.2, 0.25) is 0 Å². The van der Waals surface area contributed by atoms with E-state index in [-0.39, 0.29) is 17.6 Å². The van der Waals surface area contributed by atoms with Gasteiger partial charge in [-0.05, 0) is 41.8 Å². The van der Waals surface area contributed by atoms with E-state index in [1.165, 1.54) is 12.1 Å². The van der Waals surface area contributed by atoms with Crippen molar-refractivity contribution in [1.82, 2.24) is 15.2 Å². The fourth-order valence-corrected chi connectivity index (χ4v) is 3.28. The number of benzene rings is 1. The van der Waals surface area contributed by atoms with Crippen LogP contribution in [-0.2, 0) is 16.1 Å². The minimum Gasteiger partial charge on any atom is -0.352 e. The summed E-state index contributed by atoms with van der Waals surface area (Å²) in [5.74, 6) is -0.955.